The number of rotatable bonds is 3. The molecule has 6 nitrogen and oxygen atoms in total. The van der Waals surface area contributed by atoms with Gasteiger partial charge in [-0.2, -0.15) is 0 Å². The quantitative estimate of drug-likeness (QED) is 0.714. The Morgan fingerprint density at radius 3 is 2.55 bits per heavy atom. The second kappa shape index (κ2) is 6.58. The maximum atomic E-state index is 13.5. The lowest BCUT2D eigenvalue weighted by Gasteiger charge is -2.29. The van der Waals surface area contributed by atoms with Crippen LogP contribution in [0.25, 0.3) is 11.1 Å². The summed E-state index contributed by atoms with van der Waals surface area (Å²) in [6.45, 7) is 6.22. The predicted molar refractivity (Wildman–Crippen MR) is 107 cm³/mol. The summed E-state index contributed by atoms with van der Waals surface area (Å²) in [6.07, 6.45) is 2.93. The lowest BCUT2D eigenvalue weighted by Crippen LogP contribution is -2.26. The molecule has 0 fully saturated rings. The Morgan fingerprint density at radius 1 is 1.07 bits per heavy atom. The molecule has 1 aromatic heterocycles. The molecule has 2 aliphatic heterocycles. The SMILES string of the molecule is C=C(C)C1CC2=C(CCc3c2oc2c(c3=O)C3=C(CC(OC)=C(OC)C3)OC2)O1. The minimum absolute atomic E-state index is 0.0405. The van der Waals surface area contributed by atoms with E-state index < -0.39 is 0 Å². The fourth-order valence-electron chi connectivity index (χ4n) is 4.62. The van der Waals surface area contributed by atoms with E-state index in [9.17, 15) is 4.79 Å². The molecule has 0 saturated heterocycles. The molecule has 1 unspecified atom stereocenters. The molecule has 6 heteroatoms. The van der Waals surface area contributed by atoms with Gasteiger partial charge in [-0.1, -0.05) is 6.58 Å². The average molecular weight is 396 g/mol. The number of ether oxygens (including phenoxy) is 4. The van der Waals surface area contributed by atoms with Gasteiger partial charge in [0.15, 0.2) is 11.2 Å². The van der Waals surface area contributed by atoms with Crippen LogP contribution in [-0.4, -0.2) is 20.3 Å². The van der Waals surface area contributed by atoms with Gasteiger partial charge in [0, 0.05) is 36.0 Å². The van der Waals surface area contributed by atoms with Crippen molar-refractivity contribution in [2.75, 3.05) is 14.2 Å². The number of methoxy groups -OCH3 is 2. The number of hydrogen-bond donors (Lipinski definition) is 0. The Balaban J connectivity index is 1.60. The van der Waals surface area contributed by atoms with Crippen LogP contribution < -0.4 is 5.43 Å². The lowest BCUT2D eigenvalue weighted by molar-refractivity contribution is 0.139. The predicted octanol–water partition coefficient (Wildman–Crippen LogP) is 4.20. The third-order valence-corrected chi connectivity index (χ3v) is 6.19. The van der Waals surface area contributed by atoms with Gasteiger partial charge < -0.3 is 23.4 Å². The Labute approximate surface area is 169 Å². The summed E-state index contributed by atoms with van der Waals surface area (Å²) in [5.74, 6) is 4.40. The first kappa shape index (κ1) is 18.2. The van der Waals surface area contributed by atoms with Crippen molar-refractivity contribution in [1.29, 1.82) is 0 Å². The van der Waals surface area contributed by atoms with E-state index in [0.717, 1.165) is 51.7 Å². The van der Waals surface area contributed by atoms with Gasteiger partial charge in [0.05, 0.1) is 26.2 Å². The molecule has 0 aromatic carbocycles. The van der Waals surface area contributed by atoms with Crippen molar-refractivity contribution in [2.24, 2.45) is 0 Å². The van der Waals surface area contributed by atoms with E-state index in [-0.39, 0.29) is 18.1 Å². The smallest absolute Gasteiger partial charge is 0.196 e. The highest BCUT2D eigenvalue weighted by atomic mass is 16.5. The standard InChI is InChI=1S/C23H24O6/c1-11(2)16-8-14-15(28-16)6-5-12-22(24)21-13-7-18(25-3)19(26-4)9-17(13)27-10-20(21)29-23(12)14/h16H,1,5-10H2,2-4H3. The molecule has 0 radical (unpaired) electrons. The molecular weight excluding hydrogens is 372 g/mol. The van der Waals surface area contributed by atoms with Crippen LogP contribution in [0.5, 0.6) is 0 Å². The molecule has 3 heterocycles. The third-order valence-electron chi connectivity index (χ3n) is 6.19. The van der Waals surface area contributed by atoms with Crippen LogP contribution in [0.1, 0.15) is 55.3 Å². The molecule has 0 amide bonds. The minimum atomic E-state index is -0.0435. The number of fused-ring (bicyclic) bond motifs is 4. The van der Waals surface area contributed by atoms with Crippen LogP contribution in [0.4, 0.5) is 0 Å². The summed E-state index contributed by atoms with van der Waals surface area (Å²) in [5.41, 5.74) is 4.24. The maximum Gasteiger partial charge on any atom is 0.196 e. The van der Waals surface area contributed by atoms with Crippen molar-refractivity contribution in [3.63, 3.8) is 0 Å². The Bertz CT molecular complexity index is 1080. The molecule has 0 bridgehead atoms. The molecule has 0 N–H and O–H groups in total. The first-order chi connectivity index (χ1) is 14.0. The van der Waals surface area contributed by atoms with E-state index in [1.165, 1.54) is 0 Å². The highest BCUT2D eigenvalue weighted by molar-refractivity contribution is 5.77. The van der Waals surface area contributed by atoms with Gasteiger partial charge >= 0.3 is 0 Å². The van der Waals surface area contributed by atoms with Crippen LogP contribution in [0, 0.1) is 0 Å². The first-order valence-electron chi connectivity index (χ1n) is 9.90. The summed E-state index contributed by atoms with van der Waals surface area (Å²) in [5, 5.41) is 0. The van der Waals surface area contributed by atoms with Gasteiger partial charge in [0.2, 0.25) is 0 Å². The van der Waals surface area contributed by atoms with Gasteiger partial charge in [-0.3, -0.25) is 4.79 Å². The van der Waals surface area contributed by atoms with Crippen molar-refractivity contribution in [2.45, 2.75) is 51.7 Å². The molecule has 152 valence electrons. The molecule has 0 spiro atoms. The lowest BCUT2D eigenvalue weighted by atomic mass is 9.87. The molecule has 1 aromatic rings. The van der Waals surface area contributed by atoms with Crippen LogP contribution in [-0.2, 0) is 32.0 Å². The molecule has 4 aliphatic rings. The van der Waals surface area contributed by atoms with Gasteiger partial charge in [0.25, 0.3) is 0 Å². The van der Waals surface area contributed by atoms with Crippen LogP contribution in [0.2, 0.25) is 0 Å². The summed E-state index contributed by atoms with van der Waals surface area (Å²) in [6, 6.07) is 0. The highest BCUT2D eigenvalue weighted by Gasteiger charge is 2.38. The zero-order valence-electron chi connectivity index (χ0n) is 17.0. The summed E-state index contributed by atoms with van der Waals surface area (Å²) >= 11 is 0. The first-order valence-corrected chi connectivity index (χ1v) is 9.90. The van der Waals surface area contributed by atoms with Crippen molar-refractivity contribution < 1.29 is 23.4 Å². The van der Waals surface area contributed by atoms with E-state index >= 15 is 0 Å². The van der Waals surface area contributed by atoms with Crippen molar-refractivity contribution in [1.82, 2.24) is 0 Å². The largest absolute Gasteiger partial charge is 0.497 e. The second-order valence-electron chi connectivity index (χ2n) is 7.89. The van der Waals surface area contributed by atoms with Crippen LogP contribution >= 0.6 is 0 Å². The second-order valence-corrected chi connectivity index (χ2v) is 7.89. The minimum Gasteiger partial charge on any atom is -0.497 e. The van der Waals surface area contributed by atoms with E-state index in [4.69, 9.17) is 23.4 Å². The zero-order valence-corrected chi connectivity index (χ0v) is 17.0. The van der Waals surface area contributed by atoms with Gasteiger partial charge in [-0.05, 0) is 18.9 Å². The molecule has 2 aliphatic carbocycles. The van der Waals surface area contributed by atoms with Crippen molar-refractivity contribution >= 4 is 11.1 Å². The highest BCUT2D eigenvalue weighted by Crippen LogP contribution is 2.45. The molecule has 1 atom stereocenters. The third kappa shape index (κ3) is 2.65. The van der Waals surface area contributed by atoms with Crippen molar-refractivity contribution in [3.05, 3.63) is 68.1 Å². The fraction of sp³-hybridized carbons (Fsp3) is 0.435. The fourth-order valence-corrected chi connectivity index (χ4v) is 4.62. The van der Waals surface area contributed by atoms with E-state index in [2.05, 4.69) is 6.58 Å². The van der Waals surface area contributed by atoms with Gasteiger partial charge in [0.1, 0.15) is 41.5 Å². The van der Waals surface area contributed by atoms with Crippen LogP contribution in [0.15, 0.2) is 44.4 Å². The topological polar surface area (TPSA) is 67.1 Å². The van der Waals surface area contributed by atoms with Gasteiger partial charge in [-0.25, -0.2) is 0 Å². The summed E-state index contributed by atoms with van der Waals surface area (Å²) in [7, 11) is 3.24. The molecule has 5 rings (SSSR count). The number of allylic oxidation sites excluding steroid dienone is 2. The zero-order chi connectivity index (χ0) is 20.3. The van der Waals surface area contributed by atoms with E-state index in [1.807, 2.05) is 6.92 Å². The monoisotopic (exact) mass is 396 g/mol. The Morgan fingerprint density at radius 2 is 1.83 bits per heavy atom. The molecule has 0 saturated carbocycles. The number of hydrogen-bond acceptors (Lipinski definition) is 6. The summed E-state index contributed by atoms with van der Waals surface area (Å²) in [4.78, 5) is 13.5. The Kier molecular flexibility index (Phi) is 4.12. The normalized spacial score (nSPS) is 22.2. The molecule has 29 heavy (non-hydrogen) atoms. The maximum absolute atomic E-state index is 13.5. The average Bonchev–Trinajstić information content (AvgIpc) is 3.17. The van der Waals surface area contributed by atoms with Crippen LogP contribution in [0.3, 0.4) is 0 Å². The van der Waals surface area contributed by atoms with E-state index in [1.54, 1.807) is 14.2 Å². The van der Waals surface area contributed by atoms with E-state index in [0.29, 0.717) is 42.8 Å². The van der Waals surface area contributed by atoms with Gasteiger partial charge in [-0.15, -0.1) is 0 Å². The summed E-state index contributed by atoms with van der Waals surface area (Å²) < 4.78 is 29.3. The molecular formula is C23H24O6. The Hall–Kier alpha value is -2.89. The van der Waals surface area contributed by atoms with Crippen molar-refractivity contribution in [3.8, 4) is 0 Å².